The molecule has 0 aliphatic rings. The minimum Gasteiger partial charge on any atom is -0.574 e. The summed E-state index contributed by atoms with van der Waals surface area (Å²) >= 11 is 0. The van der Waals surface area contributed by atoms with Crippen LogP contribution < -0.4 is 52.1 Å². The molecule has 4 heterocycles. The molecule has 0 aliphatic carbocycles. The molecule has 0 atom stereocenters. The molecule has 8 aromatic carbocycles. The van der Waals surface area contributed by atoms with Gasteiger partial charge in [0.1, 0.15) is 34.4 Å². The van der Waals surface area contributed by atoms with E-state index in [-0.39, 0.29) is 20.1 Å². The van der Waals surface area contributed by atoms with Crippen LogP contribution in [0.3, 0.4) is 0 Å². The monoisotopic (exact) mass is 1320 g/mol. The summed E-state index contributed by atoms with van der Waals surface area (Å²) in [4.78, 5) is 4.12. The van der Waals surface area contributed by atoms with Gasteiger partial charge in [-0.15, -0.1) is 12.1 Å². The van der Waals surface area contributed by atoms with Crippen molar-refractivity contribution in [3.05, 3.63) is 243 Å². The first kappa shape index (κ1) is 60.2. The van der Waals surface area contributed by atoms with Crippen LogP contribution in [0.2, 0.25) is 0 Å². The third-order valence-electron chi connectivity index (χ3n) is 13.7. The third-order valence-corrected chi connectivity index (χ3v) is 13.7. The molecule has 0 saturated carbocycles. The molecule has 0 aliphatic heterocycles. The molecule has 0 bridgehead atoms. The van der Waals surface area contributed by atoms with Crippen LogP contribution in [-0.4, -0.2) is 76.1 Å². The summed E-state index contributed by atoms with van der Waals surface area (Å²) in [6.45, 7) is 0. The maximum atomic E-state index is 5.79. The standard InChI is InChI=1S/2C31H27N2O4.C8H6N3.Ir/c2*1-34-24-15-17-26(28(19-24)36-3)32-21-33(27-18-16-25(35-2)20-29(27)37-4)31(23-13-9-6-10-14-23)30(32)22-11-7-5-8-12-22;1-2-5-9-7(3-1)8-4-6-10-11-8;/h2*5-17,19-20H,1-4H3;1-6H;/q3*-1;. The zero-order valence-corrected chi connectivity index (χ0v) is 50.9. The minimum atomic E-state index is 0. The topological polar surface area (TPSA) is 131 Å². The number of ether oxygens (including phenoxy) is 8. The first-order valence-corrected chi connectivity index (χ1v) is 26.8. The summed E-state index contributed by atoms with van der Waals surface area (Å²) < 4.78 is 52.8. The van der Waals surface area contributed by atoms with E-state index in [1.165, 1.54) is 0 Å². The zero-order chi connectivity index (χ0) is 59.1. The van der Waals surface area contributed by atoms with E-state index in [1.807, 2.05) is 164 Å². The van der Waals surface area contributed by atoms with Gasteiger partial charge in [-0.2, -0.15) is 12.1 Å². The molecule has 15 nitrogen and oxygen atoms in total. The SMILES string of the molecule is COc1c[c-]c(-n2[c-][n+](-c3ccc(OC)cc3OC)c(-c3ccccc3)c2-c2ccccc2)c(OC)c1.COc1c[c-]c(-n2[c-][n+](-c3ccc(OC)cc3OC)c(-c3ccccc3)c2-c2ccccc2)c(OC)c1.[Ir].c1ccc(-c2ccn[n-]2)nc1. The minimum absolute atomic E-state index is 0. The van der Waals surface area contributed by atoms with Gasteiger partial charge in [-0.05, 0) is 70.0 Å². The number of benzene rings is 8. The van der Waals surface area contributed by atoms with Gasteiger partial charge >= 0.3 is 0 Å². The van der Waals surface area contributed by atoms with Gasteiger partial charge in [-0.25, -0.2) is 0 Å². The first-order chi connectivity index (χ1) is 41.8. The van der Waals surface area contributed by atoms with E-state index in [0.717, 1.165) is 67.8 Å². The number of pyridine rings is 1. The molecule has 16 heteroatoms. The summed E-state index contributed by atoms with van der Waals surface area (Å²) in [6, 6.07) is 73.9. The van der Waals surface area contributed by atoms with Crippen molar-refractivity contribution in [1.82, 2.24) is 24.3 Å². The molecule has 1 radical (unpaired) electrons. The molecule has 0 N–H and O–H groups in total. The van der Waals surface area contributed by atoms with Crippen molar-refractivity contribution < 1.29 is 67.1 Å². The van der Waals surface area contributed by atoms with Gasteiger partial charge in [0.05, 0.1) is 79.7 Å². The Morgan fingerprint density at radius 1 is 0.384 bits per heavy atom. The summed E-state index contributed by atoms with van der Waals surface area (Å²) in [5.74, 6) is 5.24. The predicted octanol–water partition coefficient (Wildman–Crippen LogP) is 12.5. The van der Waals surface area contributed by atoms with Gasteiger partial charge in [0.25, 0.3) is 12.7 Å². The van der Waals surface area contributed by atoms with Gasteiger partial charge in [0, 0.05) is 73.3 Å². The third kappa shape index (κ3) is 13.0. The van der Waals surface area contributed by atoms with Crippen molar-refractivity contribution in [2.75, 3.05) is 56.9 Å². The molecule has 0 saturated heterocycles. The quantitative estimate of drug-likeness (QED) is 0.0638. The van der Waals surface area contributed by atoms with Crippen molar-refractivity contribution in [3.8, 4) is 125 Å². The normalized spacial score (nSPS) is 10.5. The van der Waals surface area contributed by atoms with E-state index in [2.05, 4.69) is 88.5 Å². The average molecular weight is 1320 g/mol. The second kappa shape index (κ2) is 28.7. The smallest absolute Gasteiger partial charge is 0.268 e. The summed E-state index contributed by atoms with van der Waals surface area (Å²) in [7, 11) is 13.1. The number of imidazole rings is 2. The van der Waals surface area contributed by atoms with E-state index in [0.29, 0.717) is 57.4 Å². The van der Waals surface area contributed by atoms with Gasteiger partial charge < -0.3 is 57.2 Å². The fourth-order valence-electron chi connectivity index (χ4n) is 9.56. The van der Waals surface area contributed by atoms with E-state index in [1.54, 1.807) is 81.4 Å². The van der Waals surface area contributed by atoms with Gasteiger partial charge in [-0.3, -0.25) is 14.1 Å². The average Bonchev–Trinajstić information content (AvgIpc) is 2.26. The fraction of sp³-hybridized carbons (Fsp3) is 0.114. The maximum absolute atomic E-state index is 5.79. The van der Waals surface area contributed by atoms with E-state index in [4.69, 9.17) is 37.9 Å². The molecule has 4 aromatic heterocycles. The Kier molecular flexibility index (Phi) is 20.1. The molecule has 12 aromatic rings. The second-order valence-electron chi connectivity index (χ2n) is 18.5. The number of nitrogens with zero attached hydrogens (tertiary/aromatic N) is 7. The number of aromatic nitrogens is 7. The summed E-state index contributed by atoms with van der Waals surface area (Å²) in [5.41, 5.74) is 12.5. The number of hydrogen-bond acceptors (Lipinski definition) is 10. The number of hydrogen-bond donors (Lipinski definition) is 0. The van der Waals surface area contributed by atoms with Crippen molar-refractivity contribution in [3.63, 3.8) is 0 Å². The van der Waals surface area contributed by atoms with E-state index < -0.39 is 0 Å². The predicted molar refractivity (Wildman–Crippen MR) is 325 cm³/mol. The van der Waals surface area contributed by atoms with Crippen LogP contribution >= 0.6 is 0 Å². The Bertz CT molecular complexity index is 3650. The number of rotatable bonds is 17. The van der Waals surface area contributed by atoms with Crippen LogP contribution in [0, 0.1) is 24.8 Å². The second-order valence-corrected chi connectivity index (χ2v) is 18.5. The van der Waals surface area contributed by atoms with Gasteiger partial charge in [0.15, 0.2) is 0 Å². The van der Waals surface area contributed by atoms with Crippen LogP contribution in [0.5, 0.6) is 46.0 Å². The van der Waals surface area contributed by atoms with Gasteiger partial charge in [0.2, 0.25) is 0 Å². The van der Waals surface area contributed by atoms with E-state index in [9.17, 15) is 0 Å². The Hall–Kier alpha value is -10.4. The Morgan fingerprint density at radius 3 is 1.12 bits per heavy atom. The van der Waals surface area contributed by atoms with Crippen LogP contribution in [0.25, 0.3) is 79.2 Å². The molecule has 0 unspecified atom stereocenters. The molecule has 0 fully saturated rings. The molecule has 12 rings (SSSR count). The molecule has 86 heavy (non-hydrogen) atoms. The van der Waals surface area contributed by atoms with Crippen molar-refractivity contribution >= 4 is 0 Å². The Labute approximate surface area is 514 Å². The van der Waals surface area contributed by atoms with Crippen LogP contribution in [0.4, 0.5) is 0 Å². The van der Waals surface area contributed by atoms with Crippen molar-refractivity contribution in [1.29, 1.82) is 0 Å². The largest absolute Gasteiger partial charge is 0.574 e. The zero-order valence-electron chi connectivity index (χ0n) is 48.5. The summed E-state index contributed by atoms with van der Waals surface area (Å²) in [6.07, 6.45) is 10.5. The Morgan fingerprint density at radius 2 is 0.767 bits per heavy atom. The van der Waals surface area contributed by atoms with Gasteiger partial charge in [-0.1, -0.05) is 151 Å². The van der Waals surface area contributed by atoms with Crippen molar-refractivity contribution in [2.24, 2.45) is 0 Å². The summed E-state index contributed by atoms with van der Waals surface area (Å²) in [5, 5.41) is 7.58. The first-order valence-electron chi connectivity index (χ1n) is 26.8. The molecular formula is C70H60IrN7O8-3. The molecule has 0 spiro atoms. The molecular weight excluding hydrogens is 1260 g/mol. The van der Waals surface area contributed by atoms with Crippen LogP contribution in [0.15, 0.2) is 219 Å². The maximum Gasteiger partial charge on any atom is 0.268 e. The molecule has 0 amide bonds. The van der Waals surface area contributed by atoms with Crippen LogP contribution in [-0.2, 0) is 20.1 Å². The molecule has 435 valence electrons. The van der Waals surface area contributed by atoms with Crippen LogP contribution in [0.1, 0.15) is 0 Å². The number of methoxy groups -OCH3 is 8. The van der Waals surface area contributed by atoms with Crippen molar-refractivity contribution in [2.45, 2.75) is 0 Å². The fourth-order valence-corrected chi connectivity index (χ4v) is 9.56. The van der Waals surface area contributed by atoms with E-state index >= 15 is 0 Å². The Balaban J connectivity index is 0.000000172.